The molecule has 2 aliphatic rings. The van der Waals surface area contributed by atoms with Crippen molar-refractivity contribution in [3.8, 4) is 0 Å². The third-order valence-corrected chi connectivity index (χ3v) is 5.32. The lowest BCUT2D eigenvalue weighted by molar-refractivity contribution is 0.102. The maximum absolute atomic E-state index is 12.8. The standard InChI is InChI=1S/C21H28N4O/c1-5-24-11-10-15-8-9-16(12-18(15)24)22-20(26)17-13-19(14-6-7-14)25(23-17)21(2,3)4/h8-9,12-14H,5-7,10-11H2,1-4H3,(H,22,26). The van der Waals surface area contributed by atoms with Crippen LogP contribution in [-0.2, 0) is 12.0 Å². The minimum Gasteiger partial charge on any atom is -0.371 e. The van der Waals surface area contributed by atoms with Crippen LogP contribution in [0.5, 0.6) is 0 Å². The number of rotatable bonds is 4. The fourth-order valence-corrected chi connectivity index (χ4v) is 3.76. The summed E-state index contributed by atoms with van der Waals surface area (Å²) in [5.74, 6) is 0.428. The van der Waals surface area contributed by atoms with Crippen molar-refractivity contribution in [3.63, 3.8) is 0 Å². The van der Waals surface area contributed by atoms with Crippen LogP contribution in [0.1, 0.15) is 68.2 Å². The van der Waals surface area contributed by atoms with E-state index in [1.54, 1.807) is 0 Å². The van der Waals surface area contributed by atoms with E-state index < -0.39 is 0 Å². The Morgan fingerprint density at radius 2 is 2.04 bits per heavy atom. The van der Waals surface area contributed by atoms with Gasteiger partial charge in [0, 0.05) is 36.1 Å². The van der Waals surface area contributed by atoms with Gasteiger partial charge in [-0.25, -0.2) is 0 Å². The summed E-state index contributed by atoms with van der Waals surface area (Å²) in [7, 11) is 0. The topological polar surface area (TPSA) is 50.2 Å². The van der Waals surface area contributed by atoms with Gasteiger partial charge in [0.15, 0.2) is 5.69 Å². The van der Waals surface area contributed by atoms with E-state index in [1.165, 1.54) is 29.8 Å². The number of fused-ring (bicyclic) bond motifs is 1. The predicted octanol–water partition coefficient (Wildman–Crippen LogP) is 4.15. The molecule has 2 aromatic rings. The van der Waals surface area contributed by atoms with Gasteiger partial charge in [-0.15, -0.1) is 0 Å². The maximum Gasteiger partial charge on any atom is 0.276 e. The SMILES string of the molecule is CCN1CCc2ccc(NC(=O)c3cc(C4CC4)n(C(C)(C)C)n3)cc21. The Kier molecular flexibility index (Phi) is 4.05. The molecule has 1 aromatic heterocycles. The zero-order chi connectivity index (χ0) is 18.5. The molecule has 0 unspecified atom stereocenters. The van der Waals surface area contributed by atoms with Crippen molar-refractivity contribution < 1.29 is 4.79 Å². The molecule has 2 heterocycles. The number of nitrogens with one attached hydrogen (secondary N) is 1. The molecule has 4 rings (SSSR count). The molecular formula is C21H28N4O. The van der Waals surface area contributed by atoms with Crippen LogP contribution in [0.2, 0.25) is 0 Å². The summed E-state index contributed by atoms with van der Waals surface area (Å²) in [5, 5.41) is 7.68. The summed E-state index contributed by atoms with van der Waals surface area (Å²) >= 11 is 0. The summed E-state index contributed by atoms with van der Waals surface area (Å²) in [4.78, 5) is 15.2. The Hall–Kier alpha value is -2.30. The lowest BCUT2D eigenvalue weighted by Gasteiger charge is -2.22. The minimum absolute atomic E-state index is 0.119. The van der Waals surface area contributed by atoms with Gasteiger partial charge >= 0.3 is 0 Å². The highest BCUT2D eigenvalue weighted by Gasteiger charge is 2.32. The summed E-state index contributed by atoms with van der Waals surface area (Å²) < 4.78 is 2.03. The quantitative estimate of drug-likeness (QED) is 0.899. The highest BCUT2D eigenvalue weighted by atomic mass is 16.2. The van der Waals surface area contributed by atoms with Gasteiger partial charge in [0.05, 0.1) is 5.54 Å². The normalized spacial score (nSPS) is 16.7. The smallest absolute Gasteiger partial charge is 0.276 e. The van der Waals surface area contributed by atoms with E-state index in [0.717, 1.165) is 25.2 Å². The number of benzene rings is 1. The first-order valence-electron chi connectivity index (χ1n) is 9.66. The molecule has 1 saturated carbocycles. The summed E-state index contributed by atoms with van der Waals surface area (Å²) in [6.07, 6.45) is 3.47. The molecule has 1 amide bonds. The van der Waals surface area contributed by atoms with E-state index in [-0.39, 0.29) is 11.4 Å². The molecule has 1 aliphatic heterocycles. The van der Waals surface area contributed by atoms with Gasteiger partial charge in [-0.3, -0.25) is 9.48 Å². The second-order valence-electron chi connectivity index (χ2n) is 8.44. The number of amides is 1. The third-order valence-electron chi connectivity index (χ3n) is 5.32. The fraction of sp³-hybridized carbons (Fsp3) is 0.524. The van der Waals surface area contributed by atoms with Gasteiger partial charge in [-0.2, -0.15) is 5.10 Å². The number of hydrogen-bond donors (Lipinski definition) is 1. The van der Waals surface area contributed by atoms with Crippen LogP contribution >= 0.6 is 0 Å². The maximum atomic E-state index is 12.8. The Morgan fingerprint density at radius 1 is 1.27 bits per heavy atom. The van der Waals surface area contributed by atoms with E-state index >= 15 is 0 Å². The fourth-order valence-electron chi connectivity index (χ4n) is 3.76. The van der Waals surface area contributed by atoms with Crippen molar-refractivity contribution in [2.45, 2.75) is 58.4 Å². The van der Waals surface area contributed by atoms with Crippen LogP contribution < -0.4 is 10.2 Å². The lowest BCUT2D eigenvalue weighted by atomic mass is 10.1. The average Bonchev–Trinajstić information content (AvgIpc) is 3.19. The van der Waals surface area contributed by atoms with Crippen LogP contribution in [0, 0.1) is 0 Å². The Balaban J connectivity index is 1.58. The molecular weight excluding hydrogens is 324 g/mol. The Morgan fingerprint density at radius 3 is 2.69 bits per heavy atom. The number of nitrogens with zero attached hydrogens (tertiary/aromatic N) is 3. The molecule has 0 atom stereocenters. The monoisotopic (exact) mass is 352 g/mol. The molecule has 1 N–H and O–H groups in total. The highest BCUT2D eigenvalue weighted by Crippen LogP contribution is 2.41. The number of hydrogen-bond acceptors (Lipinski definition) is 3. The molecule has 0 saturated heterocycles. The third kappa shape index (κ3) is 3.11. The van der Waals surface area contributed by atoms with Gasteiger partial charge in [-0.1, -0.05) is 6.07 Å². The van der Waals surface area contributed by atoms with E-state index in [2.05, 4.69) is 55.1 Å². The van der Waals surface area contributed by atoms with Crippen LogP contribution in [-0.4, -0.2) is 28.8 Å². The van der Waals surface area contributed by atoms with E-state index in [9.17, 15) is 4.79 Å². The second-order valence-corrected chi connectivity index (χ2v) is 8.44. The van der Waals surface area contributed by atoms with Gasteiger partial charge in [-0.05, 0) is 70.7 Å². The van der Waals surface area contributed by atoms with Crippen molar-refractivity contribution in [1.82, 2.24) is 9.78 Å². The highest BCUT2D eigenvalue weighted by molar-refractivity contribution is 6.03. The molecule has 138 valence electrons. The van der Waals surface area contributed by atoms with Crippen molar-refractivity contribution in [2.24, 2.45) is 0 Å². The average molecular weight is 352 g/mol. The van der Waals surface area contributed by atoms with Crippen LogP contribution in [0.25, 0.3) is 0 Å². The van der Waals surface area contributed by atoms with Crippen molar-refractivity contribution in [2.75, 3.05) is 23.3 Å². The minimum atomic E-state index is -0.129. The van der Waals surface area contributed by atoms with Gasteiger partial charge < -0.3 is 10.2 Å². The number of aromatic nitrogens is 2. The van der Waals surface area contributed by atoms with Crippen molar-refractivity contribution in [1.29, 1.82) is 0 Å². The first kappa shape index (κ1) is 17.1. The van der Waals surface area contributed by atoms with E-state index in [1.807, 2.05) is 16.8 Å². The molecule has 0 radical (unpaired) electrons. The predicted molar refractivity (Wildman–Crippen MR) is 105 cm³/mol. The first-order valence-corrected chi connectivity index (χ1v) is 9.66. The van der Waals surface area contributed by atoms with Crippen LogP contribution in [0.15, 0.2) is 24.3 Å². The van der Waals surface area contributed by atoms with Crippen LogP contribution in [0.4, 0.5) is 11.4 Å². The van der Waals surface area contributed by atoms with Gasteiger partial charge in [0.25, 0.3) is 5.91 Å². The Labute approximate surface area is 155 Å². The number of anilines is 2. The molecule has 5 nitrogen and oxygen atoms in total. The molecule has 1 aromatic carbocycles. The van der Waals surface area contributed by atoms with Crippen molar-refractivity contribution in [3.05, 3.63) is 41.2 Å². The summed E-state index contributed by atoms with van der Waals surface area (Å²) in [6, 6.07) is 8.19. The first-order chi connectivity index (χ1) is 12.4. The van der Waals surface area contributed by atoms with Gasteiger partial charge in [0.1, 0.15) is 0 Å². The molecule has 0 bridgehead atoms. The van der Waals surface area contributed by atoms with E-state index in [0.29, 0.717) is 11.6 Å². The Bertz CT molecular complexity index is 842. The molecule has 5 heteroatoms. The summed E-state index contributed by atoms with van der Waals surface area (Å²) in [5.41, 5.74) is 5.02. The molecule has 0 spiro atoms. The summed E-state index contributed by atoms with van der Waals surface area (Å²) in [6.45, 7) is 10.6. The number of carbonyl (C=O) groups is 1. The second kappa shape index (κ2) is 6.15. The molecule has 26 heavy (non-hydrogen) atoms. The van der Waals surface area contributed by atoms with Crippen LogP contribution in [0.3, 0.4) is 0 Å². The van der Waals surface area contributed by atoms with Gasteiger partial charge in [0.2, 0.25) is 0 Å². The number of likely N-dealkylation sites (N-methyl/N-ethyl adjacent to an activating group) is 1. The zero-order valence-electron chi connectivity index (χ0n) is 16.2. The zero-order valence-corrected chi connectivity index (χ0v) is 16.2. The lowest BCUT2D eigenvalue weighted by Crippen LogP contribution is -2.25. The van der Waals surface area contributed by atoms with E-state index in [4.69, 9.17) is 0 Å². The largest absolute Gasteiger partial charge is 0.371 e. The molecule has 1 aliphatic carbocycles. The number of carbonyl (C=O) groups excluding carboxylic acids is 1. The molecule has 1 fully saturated rings. The van der Waals surface area contributed by atoms with Crippen molar-refractivity contribution >= 4 is 17.3 Å².